The van der Waals surface area contributed by atoms with Crippen molar-refractivity contribution in [1.29, 1.82) is 0 Å². The molecule has 3 aromatic rings. The second-order valence-corrected chi connectivity index (χ2v) is 7.73. The SMILES string of the molecule is C#CC(=O)N1CCC(Nc2nc(Nc3cc(C)ns3)nc3ccsc23)C1. The molecular weight excluding hydrogens is 368 g/mol. The Kier molecular flexibility index (Phi) is 4.44. The predicted octanol–water partition coefficient (Wildman–Crippen LogP) is 2.85. The quantitative estimate of drug-likeness (QED) is 0.673. The second kappa shape index (κ2) is 6.90. The Balaban J connectivity index is 1.57. The first-order valence-corrected chi connectivity index (χ1v) is 9.75. The maximum absolute atomic E-state index is 11.7. The third kappa shape index (κ3) is 3.34. The maximum atomic E-state index is 11.7. The Labute approximate surface area is 158 Å². The Morgan fingerprint density at radius 1 is 1.46 bits per heavy atom. The molecule has 1 saturated heterocycles. The van der Waals surface area contributed by atoms with Gasteiger partial charge < -0.3 is 15.5 Å². The average Bonchev–Trinajstić information content (AvgIpc) is 3.35. The van der Waals surface area contributed by atoms with Gasteiger partial charge in [-0.3, -0.25) is 4.79 Å². The molecule has 0 bridgehead atoms. The predicted molar refractivity (Wildman–Crippen MR) is 105 cm³/mol. The standard InChI is InChI=1S/C17H16N6OS2/c1-3-14(24)23-6-4-11(9-23)18-16-15-12(5-7-25-15)19-17(21-16)20-13-8-10(2)22-26-13/h1,5,7-8,11H,4,6,9H2,2H3,(H2,18,19,20,21). The van der Waals surface area contributed by atoms with Crippen molar-refractivity contribution >= 4 is 55.8 Å². The minimum absolute atomic E-state index is 0.117. The fourth-order valence-electron chi connectivity index (χ4n) is 2.90. The normalized spacial score (nSPS) is 16.6. The second-order valence-electron chi connectivity index (χ2n) is 6.01. The van der Waals surface area contributed by atoms with E-state index in [1.54, 1.807) is 16.2 Å². The van der Waals surface area contributed by atoms with Gasteiger partial charge in [0.2, 0.25) is 5.95 Å². The van der Waals surface area contributed by atoms with E-state index in [-0.39, 0.29) is 11.9 Å². The molecule has 0 radical (unpaired) electrons. The third-order valence-electron chi connectivity index (χ3n) is 4.11. The summed E-state index contributed by atoms with van der Waals surface area (Å²) in [6.45, 7) is 3.18. The Morgan fingerprint density at radius 3 is 3.12 bits per heavy atom. The van der Waals surface area contributed by atoms with Crippen molar-refractivity contribution in [1.82, 2.24) is 19.2 Å². The van der Waals surface area contributed by atoms with Crippen molar-refractivity contribution in [2.24, 2.45) is 0 Å². The van der Waals surface area contributed by atoms with Crippen LogP contribution in [0.2, 0.25) is 0 Å². The van der Waals surface area contributed by atoms with Crippen molar-refractivity contribution < 1.29 is 4.79 Å². The summed E-state index contributed by atoms with van der Waals surface area (Å²) in [4.78, 5) is 22.6. The number of amides is 1. The van der Waals surface area contributed by atoms with Gasteiger partial charge in [0, 0.05) is 19.1 Å². The summed E-state index contributed by atoms with van der Waals surface area (Å²) in [5, 5.41) is 9.56. The van der Waals surface area contributed by atoms with Crippen LogP contribution in [0.1, 0.15) is 12.1 Å². The van der Waals surface area contributed by atoms with E-state index in [1.165, 1.54) is 11.5 Å². The molecule has 0 saturated carbocycles. The molecule has 132 valence electrons. The van der Waals surface area contributed by atoms with Crippen molar-refractivity contribution in [3.63, 3.8) is 0 Å². The van der Waals surface area contributed by atoms with Crippen molar-refractivity contribution in [3.05, 3.63) is 23.2 Å². The zero-order chi connectivity index (χ0) is 18.1. The molecule has 1 atom stereocenters. The van der Waals surface area contributed by atoms with E-state index in [4.69, 9.17) is 6.42 Å². The van der Waals surface area contributed by atoms with Crippen LogP contribution in [0, 0.1) is 19.3 Å². The zero-order valence-electron chi connectivity index (χ0n) is 14.0. The highest BCUT2D eigenvalue weighted by atomic mass is 32.1. The number of carbonyl (C=O) groups excluding carboxylic acids is 1. The van der Waals surface area contributed by atoms with Crippen LogP contribution in [0.25, 0.3) is 10.2 Å². The van der Waals surface area contributed by atoms with Gasteiger partial charge >= 0.3 is 0 Å². The van der Waals surface area contributed by atoms with Gasteiger partial charge in [0.15, 0.2) is 0 Å². The highest BCUT2D eigenvalue weighted by Crippen LogP contribution is 2.30. The maximum Gasteiger partial charge on any atom is 0.298 e. The summed E-state index contributed by atoms with van der Waals surface area (Å²) in [6.07, 6.45) is 6.05. The molecule has 1 aliphatic heterocycles. The number of thiophene rings is 1. The van der Waals surface area contributed by atoms with Crippen molar-refractivity contribution in [2.45, 2.75) is 19.4 Å². The Bertz CT molecular complexity index is 1000. The number of aryl methyl sites for hydroxylation is 1. The first-order chi connectivity index (χ1) is 12.6. The molecule has 0 aromatic carbocycles. The van der Waals surface area contributed by atoms with E-state index >= 15 is 0 Å². The third-order valence-corrected chi connectivity index (χ3v) is 5.81. The van der Waals surface area contributed by atoms with E-state index in [1.807, 2.05) is 24.4 Å². The molecule has 0 aliphatic carbocycles. The van der Waals surface area contributed by atoms with Crippen LogP contribution in [-0.4, -0.2) is 44.3 Å². The van der Waals surface area contributed by atoms with Gasteiger partial charge in [0.1, 0.15) is 10.8 Å². The number of terminal acetylenes is 1. The van der Waals surface area contributed by atoms with E-state index in [0.717, 1.165) is 33.2 Å². The molecule has 9 heteroatoms. The zero-order valence-corrected chi connectivity index (χ0v) is 15.7. The molecule has 2 N–H and O–H groups in total. The fraction of sp³-hybridized carbons (Fsp3) is 0.294. The average molecular weight is 384 g/mol. The van der Waals surface area contributed by atoms with Crippen LogP contribution in [0.4, 0.5) is 16.8 Å². The van der Waals surface area contributed by atoms with Crippen molar-refractivity contribution in [2.75, 3.05) is 23.7 Å². The number of nitrogens with zero attached hydrogens (tertiary/aromatic N) is 4. The van der Waals surface area contributed by atoms with Gasteiger partial charge in [-0.05, 0) is 48.3 Å². The van der Waals surface area contributed by atoms with Gasteiger partial charge in [-0.2, -0.15) is 9.36 Å². The summed E-state index contributed by atoms with van der Waals surface area (Å²) in [5.74, 6) is 3.21. The summed E-state index contributed by atoms with van der Waals surface area (Å²) in [7, 11) is 0. The van der Waals surface area contributed by atoms with Crippen LogP contribution in [-0.2, 0) is 4.79 Å². The summed E-state index contributed by atoms with van der Waals surface area (Å²) in [6, 6.07) is 4.05. The number of hydrogen-bond acceptors (Lipinski definition) is 8. The number of aromatic nitrogens is 3. The van der Waals surface area contributed by atoms with Crippen molar-refractivity contribution in [3.8, 4) is 12.3 Å². The molecule has 3 aromatic heterocycles. The summed E-state index contributed by atoms with van der Waals surface area (Å²) >= 11 is 2.96. The van der Waals surface area contributed by atoms with Gasteiger partial charge in [-0.1, -0.05) is 0 Å². The highest BCUT2D eigenvalue weighted by Gasteiger charge is 2.26. The molecule has 26 heavy (non-hydrogen) atoms. The molecule has 4 rings (SSSR count). The minimum atomic E-state index is -0.263. The van der Waals surface area contributed by atoms with Gasteiger partial charge in [0.25, 0.3) is 5.91 Å². The van der Waals surface area contributed by atoms with Crippen LogP contribution in [0.5, 0.6) is 0 Å². The number of nitrogens with one attached hydrogen (secondary N) is 2. The molecular formula is C17H16N6OS2. The topological polar surface area (TPSA) is 83.0 Å². The minimum Gasteiger partial charge on any atom is -0.364 e. The number of hydrogen-bond donors (Lipinski definition) is 2. The fourth-order valence-corrected chi connectivity index (χ4v) is 4.34. The lowest BCUT2D eigenvalue weighted by atomic mass is 10.2. The lowest BCUT2D eigenvalue weighted by molar-refractivity contribution is -0.124. The van der Waals surface area contributed by atoms with E-state index in [9.17, 15) is 4.79 Å². The Hall–Kier alpha value is -2.70. The van der Waals surface area contributed by atoms with Gasteiger partial charge in [-0.25, -0.2) is 4.98 Å². The lowest BCUT2D eigenvalue weighted by Gasteiger charge is -2.16. The van der Waals surface area contributed by atoms with Gasteiger partial charge in [0.05, 0.1) is 15.9 Å². The number of likely N-dealkylation sites (tertiary alicyclic amines) is 1. The van der Waals surface area contributed by atoms with Crippen LogP contribution in [0.3, 0.4) is 0 Å². The molecule has 7 nitrogen and oxygen atoms in total. The monoisotopic (exact) mass is 384 g/mol. The number of rotatable bonds is 4. The summed E-state index contributed by atoms with van der Waals surface area (Å²) < 4.78 is 5.26. The van der Waals surface area contributed by atoms with E-state index in [2.05, 4.69) is 30.9 Å². The Morgan fingerprint density at radius 2 is 2.35 bits per heavy atom. The molecule has 4 heterocycles. The number of fused-ring (bicyclic) bond motifs is 1. The van der Waals surface area contributed by atoms with E-state index in [0.29, 0.717) is 19.0 Å². The molecule has 0 spiro atoms. The first kappa shape index (κ1) is 16.8. The molecule has 1 amide bonds. The number of anilines is 3. The largest absolute Gasteiger partial charge is 0.364 e. The lowest BCUT2D eigenvalue weighted by Crippen LogP contribution is -2.30. The first-order valence-electron chi connectivity index (χ1n) is 8.10. The van der Waals surface area contributed by atoms with E-state index < -0.39 is 0 Å². The highest BCUT2D eigenvalue weighted by molar-refractivity contribution is 7.17. The molecule has 1 aliphatic rings. The molecule has 1 unspecified atom stereocenters. The smallest absolute Gasteiger partial charge is 0.298 e. The van der Waals surface area contributed by atoms with Crippen LogP contribution in [0.15, 0.2) is 17.5 Å². The summed E-state index contributed by atoms with van der Waals surface area (Å²) in [5.41, 5.74) is 1.84. The van der Waals surface area contributed by atoms with Crippen LogP contribution < -0.4 is 10.6 Å². The van der Waals surface area contributed by atoms with Crippen LogP contribution >= 0.6 is 22.9 Å². The van der Waals surface area contributed by atoms with Gasteiger partial charge in [-0.15, -0.1) is 17.8 Å². The molecule has 1 fully saturated rings. The number of carbonyl (C=O) groups is 1.